The number of benzene rings is 2. The smallest absolute Gasteiger partial charge is 0.317 e. The number of ether oxygens (including phenoxy) is 1. The second-order valence-corrected chi connectivity index (χ2v) is 5.46. The molecule has 0 spiro atoms. The quantitative estimate of drug-likeness (QED) is 0.824. The molecular weight excluding hydrogens is 300 g/mol. The molecule has 2 rings (SSSR count). The Hall–Kier alpha value is -2.20. The van der Waals surface area contributed by atoms with E-state index in [2.05, 4.69) is 10.6 Å². The molecule has 5 heteroatoms. The van der Waals surface area contributed by atoms with Gasteiger partial charge in [-0.15, -0.1) is 0 Å². The summed E-state index contributed by atoms with van der Waals surface area (Å²) in [6.45, 7) is 4.59. The first-order valence-electron chi connectivity index (χ1n) is 7.01. The predicted octanol–water partition coefficient (Wildman–Crippen LogP) is 3.79. The molecule has 0 aliphatic rings. The van der Waals surface area contributed by atoms with E-state index >= 15 is 0 Å². The molecule has 0 aliphatic heterocycles. The summed E-state index contributed by atoms with van der Waals surface area (Å²) in [7, 11) is 0. The van der Waals surface area contributed by atoms with Crippen LogP contribution in [0.2, 0.25) is 5.02 Å². The van der Waals surface area contributed by atoms with Gasteiger partial charge >= 0.3 is 6.03 Å². The molecule has 2 N–H and O–H groups in total. The second kappa shape index (κ2) is 7.71. The second-order valence-electron chi connectivity index (χ2n) is 5.02. The third-order valence-corrected chi connectivity index (χ3v) is 3.53. The Morgan fingerprint density at radius 2 is 1.91 bits per heavy atom. The van der Waals surface area contributed by atoms with E-state index in [0.29, 0.717) is 11.6 Å². The van der Waals surface area contributed by atoms with Crippen LogP contribution >= 0.6 is 11.6 Å². The van der Waals surface area contributed by atoms with Crippen molar-refractivity contribution >= 4 is 17.6 Å². The van der Waals surface area contributed by atoms with E-state index in [0.717, 1.165) is 16.9 Å². The van der Waals surface area contributed by atoms with Gasteiger partial charge in [0.05, 0.1) is 0 Å². The molecule has 0 unspecified atom stereocenters. The predicted molar refractivity (Wildman–Crippen MR) is 88.2 cm³/mol. The highest BCUT2D eigenvalue weighted by molar-refractivity contribution is 6.30. The van der Waals surface area contributed by atoms with Gasteiger partial charge in [0, 0.05) is 11.6 Å². The number of urea groups is 1. The fraction of sp³-hybridized carbons (Fsp3) is 0.235. The van der Waals surface area contributed by atoms with Gasteiger partial charge in [0.15, 0.2) is 6.73 Å². The van der Waals surface area contributed by atoms with Gasteiger partial charge in [-0.25, -0.2) is 4.79 Å². The van der Waals surface area contributed by atoms with Crippen molar-refractivity contribution in [3.63, 3.8) is 0 Å². The number of nitrogens with one attached hydrogen (secondary N) is 2. The molecule has 0 saturated carbocycles. The first-order valence-corrected chi connectivity index (χ1v) is 7.38. The third kappa shape index (κ3) is 4.97. The Morgan fingerprint density at radius 1 is 1.09 bits per heavy atom. The molecule has 4 nitrogen and oxygen atoms in total. The average Bonchev–Trinajstić information content (AvgIpc) is 2.49. The summed E-state index contributed by atoms with van der Waals surface area (Å²) >= 11 is 5.89. The molecule has 0 heterocycles. The van der Waals surface area contributed by atoms with E-state index in [4.69, 9.17) is 16.3 Å². The van der Waals surface area contributed by atoms with Crippen LogP contribution in [-0.4, -0.2) is 12.8 Å². The average molecular weight is 319 g/mol. The van der Waals surface area contributed by atoms with Crippen LogP contribution in [0.5, 0.6) is 5.75 Å². The SMILES string of the molecule is Cc1ccc(OCNC(=O)NCc2cccc(Cl)c2)cc1C. The zero-order chi connectivity index (χ0) is 15.9. The van der Waals surface area contributed by atoms with Crippen LogP contribution in [0.15, 0.2) is 42.5 Å². The molecule has 2 aromatic carbocycles. The van der Waals surface area contributed by atoms with Crippen molar-refractivity contribution in [3.05, 3.63) is 64.2 Å². The lowest BCUT2D eigenvalue weighted by Crippen LogP contribution is -2.37. The molecule has 0 atom stereocenters. The maximum absolute atomic E-state index is 11.7. The summed E-state index contributed by atoms with van der Waals surface area (Å²) in [4.78, 5) is 11.7. The highest BCUT2D eigenvalue weighted by Crippen LogP contribution is 2.15. The van der Waals surface area contributed by atoms with Crippen LogP contribution in [0.1, 0.15) is 16.7 Å². The number of amides is 2. The van der Waals surface area contributed by atoms with Crippen molar-refractivity contribution in [1.29, 1.82) is 0 Å². The molecule has 116 valence electrons. The number of rotatable bonds is 5. The first kappa shape index (κ1) is 16.2. The van der Waals surface area contributed by atoms with Gasteiger partial charge < -0.3 is 15.4 Å². The lowest BCUT2D eigenvalue weighted by molar-refractivity contribution is 0.223. The number of carbonyl (C=O) groups excluding carboxylic acids is 1. The number of hydrogen-bond acceptors (Lipinski definition) is 2. The normalized spacial score (nSPS) is 10.1. The molecule has 22 heavy (non-hydrogen) atoms. The van der Waals surface area contributed by atoms with Gasteiger partial charge in [-0.2, -0.15) is 0 Å². The van der Waals surface area contributed by atoms with E-state index < -0.39 is 0 Å². The minimum Gasteiger partial charge on any atom is -0.473 e. The van der Waals surface area contributed by atoms with Gasteiger partial charge in [0.1, 0.15) is 5.75 Å². The summed E-state index contributed by atoms with van der Waals surface area (Å²) in [5.41, 5.74) is 3.31. The fourth-order valence-corrected chi connectivity index (χ4v) is 2.09. The molecular formula is C17H19ClN2O2. The van der Waals surface area contributed by atoms with Gasteiger partial charge in [-0.3, -0.25) is 0 Å². The van der Waals surface area contributed by atoms with E-state index in [1.54, 1.807) is 6.07 Å². The summed E-state index contributed by atoms with van der Waals surface area (Å²) in [6, 6.07) is 12.9. The van der Waals surface area contributed by atoms with Crippen LogP contribution < -0.4 is 15.4 Å². The number of hydrogen-bond donors (Lipinski definition) is 2. The number of halogens is 1. The Bertz CT molecular complexity index is 659. The van der Waals surface area contributed by atoms with Crippen molar-refractivity contribution in [3.8, 4) is 5.75 Å². The van der Waals surface area contributed by atoms with Crippen molar-refractivity contribution in [2.24, 2.45) is 0 Å². The zero-order valence-electron chi connectivity index (χ0n) is 12.7. The summed E-state index contributed by atoms with van der Waals surface area (Å²) in [6.07, 6.45) is 0. The van der Waals surface area contributed by atoms with Crippen LogP contribution in [0, 0.1) is 13.8 Å². The Balaban J connectivity index is 1.72. The highest BCUT2D eigenvalue weighted by Gasteiger charge is 2.02. The minimum atomic E-state index is -0.288. The summed E-state index contributed by atoms with van der Waals surface area (Å²) < 4.78 is 5.49. The van der Waals surface area contributed by atoms with E-state index in [1.165, 1.54) is 5.56 Å². The van der Waals surface area contributed by atoms with Crippen LogP contribution in [0.4, 0.5) is 4.79 Å². The fourth-order valence-electron chi connectivity index (χ4n) is 1.88. The summed E-state index contributed by atoms with van der Waals surface area (Å²) in [5.74, 6) is 0.734. The molecule has 0 bridgehead atoms. The number of carbonyl (C=O) groups is 1. The lowest BCUT2D eigenvalue weighted by atomic mass is 10.1. The molecule has 0 radical (unpaired) electrons. The van der Waals surface area contributed by atoms with Crippen LogP contribution in [0.3, 0.4) is 0 Å². The topological polar surface area (TPSA) is 50.4 Å². The molecule has 0 aliphatic carbocycles. The van der Waals surface area contributed by atoms with Crippen molar-refractivity contribution < 1.29 is 9.53 Å². The third-order valence-electron chi connectivity index (χ3n) is 3.29. The number of aryl methyl sites for hydroxylation is 2. The molecule has 2 amide bonds. The van der Waals surface area contributed by atoms with Crippen LogP contribution in [0.25, 0.3) is 0 Å². The van der Waals surface area contributed by atoms with Gasteiger partial charge in [-0.05, 0) is 54.8 Å². The molecule has 0 fully saturated rings. The molecule has 2 aromatic rings. The maximum Gasteiger partial charge on any atom is 0.317 e. The van der Waals surface area contributed by atoms with Gasteiger partial charge in [-0.1, -0.05) is 29.8 Å². The van der Waals surface area contributed by atoms with E-state index in [-0.39, 0.29) is 12.8 Å². The van der Waals surface area contributed by atoms with Crippen LogP contribution in [-0.2, 0) is 6.54 Å². The maximum atomic E-state index is 11.7. The Labute approximate surface area is 135 Å². The molecule has 0 saturated heterocycles. The minimum absolute atomic E-state index is 0.115. The van der Waals surface area contributed by atoms with E-state index in [1.807, 2.05) is 50.2 Å². The van der Waals surface area contributed by atoms with E-state index in [9.17, 15) is 4.79 Å². The van der Waals surface area contributed by atoms with Gasteiger partial charge in [0.25, 0.3) is 0 Å². The Kier molecular flexibility index (Phi) is 5.67. The Morgan fingerprint density at radius 3 is 2.64 bits per heavy atom. The summed E-state index contributed by atoms with van der Waals surface area (Å²) in [5, 5.41) is 6.04. The highest BCUT2D eigenvalue weighted by atomic mass is 35.5. The van der Waals surface area contributed by atoms with Crippen molar-refractivity contribution in [1.82, 2.24) is 10.6 Å². The van der Waals surface area contributed by atoms with Gasteiger partial charge in [0.2, 0.25) is 0 Å². The first-order chi connectivity index (χ1) is 10.5. The van der Waals surface area contributed by atoms with Crippen molar-refractivity contribution in [2.45, 2.75) is 20.4 Å². The molecule has 0 aromatic heterocycles. The zero-order valence-corrected chi connectivity index (χ0v) is 13.4. The largest absolute Gasteiger partial charge is 0.473 e. The standard InChI is InChI=1S/C17H19ClN2O2/c1-12-6-7-16(8-13(12)2)22-11-20-17(21)19-10-14-4-3-5-15(18)9-14/h3-9H,10-11H2,1-2H3,(H2,19,20,21). The lowest BCUT2D eigenvalue weighted by Gasteiger charge is -2.10. The monoisotopic (exact) mass is 318 g/mol. The van der Waals surface area contributed by atoms with Crippen molar-refractivity contribution in [2.75, 3.05) is 6.73 Å².